The minimum absolute atomic E-state index is 0.173. The van der Waals surface area contributed by atoms with E-state index in [0.717, 1.165) is 16.5 Å². The Morgan fingerprint density at radius 1 is 1.30 bits per heavy atom. The molecule has 4 aromatic rings. The number of nitrogens with two attached hydrogens (primary N) is 1. The number of aryl methyl sites for hydroxylation is 1. The average Bonchev–Trinajstić information content (AvgIpc) is 3.24. The minimum atomic E-state index is -0.384. The number of hydrogen-bond donors (Lipinski definition) is 2. The maximum Gasteiger partial charge on any atom is 0.340 e. The van der Waals surface area contributed by atoms with E-state index < -0.39 is 0 Å². The number of aromatic amines is 1. The van der Waals surface area contributed by atoms with Gasteiger partial charge in [-0.25, -0.2) is 14.8 Å². The van der Waals surface area contributed by atoms with Crippen LogP contribution in [-0.2, 0) is 11.8 Å². The van der Waals surface area contributed by atoms with E-state index in [1.165, 1.54) is 0 Å². The quantitative estimate of drug-likeness (QED) is 0.543. The molecule has 3 aromatic heterocycles. The smallest absolute Gasteiger partial charge is 0.340 e. The second-order valence-electron chi connectivity index (χ2n) is 6.16. The Kier molecular flexibility index (Phi) is 4.12. The number of aromatic nitrogens is 4. The summed E-state index contributed by atoms with van der Waals surface area (Å²) >= 11 is 0. The van der Waals surface area contributed by atoms with Crippen LogP contribution in [0.5, 0.6) is 0 Å². The monoisotopic (exact) mass is 361 g/mol. The van der Waals surface area contributed by atoms with Crippen LogP contribution in [0, 0.1) is 0 Å². The third-order valence-electron chi connectivity index (χ3n) is 4.43. The van der Waals surface area contributed by atoms with Crippen molar-refractivity contribution in [2.75, 3.05) is 12.3 Å². The third-order valence-corrected chi connectivity index (χ3v) is 4.43. The lowest BCUT2D eigenvalue weighted by Gasteiger charge is -2.03. The predicted octanol–water partition coefficient (Wildman–Crippen LogP) is 3.39. The molecule has 0 amide bonds. The number of esters is 1. The molecule has 0 bridgehead atoms. The molecule has 136 valence electrons. The van der Waals surface area contributed by atoms with Crippen LogP contribution in [0.3, 0.4) is 0 Å². The number of nitrogen functional groups attached to an aromatic ring is 1. The lowest BCUT2D eigenvalue weighted by atomic mass is 10.1. The van der Waals surface area contributed by atoms with Gasteiger partial charge in [-0.15, -0.1) is 0 Å². The van der Waals surface area contributed by atoms with Crippen LogP contribution >= 0.6 is 0 Å². The van der Waals surface area contributed by atoms with Crippen LogP contribution in [-0.4, -0.2) is 32.1 Å². The minimum Gasteiger partial charge on any atom is -0.462 e. The van der Waals surface area contributed by atoms with Gasteiger partial charge in [0.05, 0.1) is 29.3 Å². The van der Waals surface area contributed by atoms with Crippen molar-refractivity contribution in [3.8, 4) is 22.6 Å². The maximum atomic E-state index is 12.6. The first kappa shape index (κ1) is 16.8. The molecule has 3 N–H and O–H groups in total. The summed E-state index contributed by atoms with van der Waals surface area (Å²) in [4.78, 5) is 24.1. The summed E-state index contributed by atoms with van der Waals surface area (Å²) in [5.41, 5.74) is 10.1. The van der Waals surface area contributed by atoms with Crippen LogP contribution in [0.4, 0.5) is 5.95 Å². The van der Waals surface area contributed by atoms with Crippen molar-refractivity contribution in [1.82, 2.24) is 19.5 Å². The molecular formula is C20H19N5O2. The fourth-order valence-corrected chi connectivity index (χ4v) is 3.24. The Balaban J connectivity index is 1.94. The van der Waals surface area contributed by atoms with Gasteiger partial charge >= 0.3 is 5.97 Å². The van der Waals surface area contributed by atoms with Crippen molar-refractivity contribution in [2.24, 2.45) is 7.05 Å². The van der Waals surface area contributed by atoms with Crippen LogP contribution in [0.25, 0.3) is 33.5 Å². The molecule has 7 nitrogen and oxygen atoms in total. The number of para-hydroxylation sites is 1. The standard InChI is InChI=1S/C20H19N5O2/c1-3-27-19(26)13-10-16(15-8-9-22-20(21)24-15)23-18(13)14-11-25(2)17-7-5-4-6-12(14)17/h4-11,23H,3H2,1-2H3,(H2,21,22,24). The highest BCUT2D eigenvalue weighted by atomic mass is 16.5. The van der Waals surface area contributed by atoms with Crippen LogP contribution < -0.4 is 5.73 Å². The lowest BCUT2D eigenvalue weighted by Crippen LogP contribution is -2.04. The number of nitrogens with one attached hydrogen (secondary N) is 1. The second kappa shape index (κ2) is 6.60. The summed E-state index contributed by atoms with van der Waals surface area (Å²) in [7, 11) is 1.98. The summed E-state index contributed by atoms with van der Waals surface area (Å²) in [6.07, 6.45) is 3.58. The zero-order valence-corrected chi connectivity index (χ0v) is 15.1. The number of carbonyl (C=O) groups excluding carboxylic acids is 1. The van der Waals surface area contributed by atoms with E-state index in [9.17, 15) is 4.79 Å². The Labute approximate surface area is 155 Å². The summed E-state index contributed by atoms with van der Waals surface area (Å²) in [6, 6.07) is 11.5. The second-order valence-corrected chi connectivity index (χ2v) is 6.16. The predicted molar refractivity (Wildman–Crippen MR) is 104 cm³/mol. The van der Waals surface area contributed by atoms with Crippen molar-refractivity contribution < 1.29 is 9.53 Å². The molecule has 0 aliphatic carbocycles. The molecule has 1 aromatic carbocycles. The molecule has 0 spiro atoms. The first-order chi connectivity index (χ1) is 13.1. The molecule has 0 atom stereocenters. The molecule has 0 saturated heterocycles. The first-order valence-corrected chi connectivity index (χ1v) is 8.62. The third kappa shape index (κ3) is 2.93. The van der Waals surface area contributed by atoms with Crippen LogP contribution in [0.2, 0.25) is 0 Å². The van der Waals surface area contributed by atoms with E-state index in [1.54, 1.807) is 25.3 Å². The van der Waals surface area contributed by atoms with Crippen molar-refractivity contribution >= 4 is 22.8 Å². The SMILES string of the molecule is CCOC(=O)c1cc(-c2ccnc(N)n2)[nH]c1-c1cn(C)c2ccccc12. The summed E-state index contributed by atoms with van der Waals surface area (Å²) in [5.74, 6) is -0.212. The topological polar surface area (TPSA) is 98.8 Å². The van der Waals surface area contributed by atoms with Gasteiger partial charge in [0.15, 0.2) is 0 Å². The number of anilines is 1. The molecule has 3 heterocycles. The number of nitrogens with zero attached hydrogens (tertiary/aromatic N) is 3. The molecule has 4 rings (SSSR count). The van der Waals surface area contributed by atoms with Gasteiger partial charge in [0.1, 0.15) is 0 Å². The van der Waals surface area contributed by atoms with Crippen LogP contribution in [0.1, 0.15) is 17.3 Å². The van der Waals surface area contributed by atoms with E-state index >= 15 is 0 Å². The average molecular weight is 361 g/mol. The highest BCUT2D eigenvalue weighted by molar-refractivity contribution is 6.04. The highest BCUT2D eigenvalue weighted by Gasteiger charge is 2.22. The highest BCUT2D eigenvalue weighted by Crippen LogP contribution is 2.34. The number of carbonyl (C=O) groups is 1. The van der Waals surface area contributed by atoms with Crippen LogP contribution in [0.15, 0.2) is 48.8 Å². The number of ether oxygens (including phenoxy) is 1. The van der Waals surface area contributed by atoms with Gasteiger partial charge in [-0.05, 0) is 25.1 Å². The molecule has 0 unspecified atom stereocenters. The van der Waals surface area contributed by atoms with Gasteiger partial charge in [-0.1, -0.05) is 18.2 Å². The van der Waals surface area contributed by atoms with Gasteiger partial charge in [0.2, 0.25) is 5.95 Å². The van der Waals surface area contributed by atoms with E-state index in [0.29, 0.717) is 29.3 Å². The molecule has 7 heteroatoms. The molecule has 27 heavy (non-hydrogen) atoms. The number of benzene rings is 1. The Morgan fingerprint density at radius 3 is 2.89 bits per heavy atom. The maximum absolute atomic E-state index is 12.6. The van der Waals surface area contributed by atoms with Crippen molar-refractivity contribution in [2.45, 2.75) is 6.92 Å². The van der Waals surface area contributed by atoms with Gasteiger partial charge in [0.25, 0.3) is 0 Å². The molecule has 0 saturated carbocycles. The number of fused-ring (bicyclic) bond motifs is 1. The Bertz CT molecular complexity index is 1140. The summed E-state index contributed by atoms with van der Waals surface area (Å²) in [6.45, 7) is 2.09. The number of hydrogen-bond acceptors (Lipinski definition) is 5. The molecule has 0 aliphatic heterocycles. The zero-order chi connectivity index (χ0) is 19.0. The number of rotatable bonds is 4. The molecular weight excluding hydrogens is 342 g/mol. The summed E-state index contributed by atoms with van der Waals surface area (Å²) in [5, 5.41) is 1.04. The molecule has 0 fully saturated rings. The van der Waals surface area contributed by atoms with Gasteiger partial charge in [-0.2, -0.15) is 0 Å². The van der Waals surface area contributed by atoms with Gasteiger partial charge < -0.3 is 20.0 Å². The zero-order valence-electron chi connectivity index (χ0n) is 15.1. The fraction of sp³-hybridized carbons (Fsp3) is 0.150. The van der Waals surface area contributed by atoms with Gasteiger partial charge in [0, 0.05) is 35.9 Å². The van der Waals surface area contributed by atoms with E-state index in [-0.39, 0.29) is 11.9 Å². The Hall–Kier alpha value is -3.61. The molecule has 0 aliphatic rings. The fourth-order valence-electron chi connectivity index (χ4n) is 3.24. The van der Waals surface area contributed by atoms with Crippen molar-refractivity contribution in [3.05, 3.63) is 54.4 Å². The van der Waals surface area contributed by atoms with Crippen molar-refractivity contribution in [1.29, 1.82) is 0 Å². The van der Waals surface area contributed by atoms with E-state index in [1.807, 2.05) is 42.1 Å². The largest absolute Gasteiger partial charge is 0.462 e. The van der Waals surface area contributed by atoms with Gasteiger partial charge in [-0.3, -0.25) is 0 Å². The summed E-state index contributed by atoms with van der Waals surface area (Å²) < 4.78 is 7.29. The van der Waals surface area contributed by atoms with Crippen molar-refractivity contribution in [3.63, 3.8) is 0 Å². The van der Waals surface area contributed by atoms with E-state index in [2.05, 4.69) is 15.0 Å². The lowest BCUT2D eigenvalue weighted by molar-refractivity contribution is 0.0527. The number of H-pyrrole nitrogens is 1. The normalized spacial score (nSPS) is 11.0. The van der Waals surface area contributed by atoms with E-state index in [4.69, 9.17) is 10.5 Å². The Morgan fingerprint density at radius 2 is 2.11 bits per heavy atom. The molecule has 0 radical (unpaired) electrons. The first-order valence-electron chi connectivity index (χ1n) is 8.62.